The van der Waals surface area contributed by atoms with Crippen LogP contribution in [0.3, 0.4) is 0 Å². The van der Waals surface area contributed by atoms with Gasteiger partial charge in [0.25, 0.3) is 0 Å². The fourth-order valence-electron chi connectivity index (χ4n) is 2.74. The second-order valence-electron chi connectivity index (χ2n) is 6.01. The van der Waals surface area contributed by atoms with Crippen molar-refractivity contribution in [2.24, 2.45) is 13.0 Å². The molecule has 110 valence electrons. The summed E-state index contributed by atoms with van der Waals surface area (Å²) in [7, 11) is 1.96. The minimum absolute atomic E-state index is 0.0501. The molecule has 1 aliphatic rings. The number of amides is 1. The Labute approximate surface area is 120 Å². The van der Waals surface area contributed by atoms with Gasteiger partial charge < -0.3 is 9.47 Å². The molecule has 1 aromatic heterocycles. The van der Waals surface area contributed by atoms with E-state index in [9.17, 15) is 9.59 Å². The molecule has 1 unspecified atom stereocenters. The lowest BCUT2D eigenvalue weighted by atomic mass is 10.0. The molecule has 2 rings (SSSR count). The zero-order chi connectivity index (χ0) is 14.9. The normalized spacial score (nSPS) is 20.1. The number of carbonyl (C=O) groups is 2. The Morgan fingerprint density at radius 1 is 1.35 bits per heavy atom. The maximum Gasteiger partial charge on any atom is 0.222 e. The first-order chi connectivity index (χ1) is 9.40. The van der Waals surface area contributed by atoms with Crippen LogP contribution in [0.2, 0.25) is 0 Å². The molecule has 1 aromatic rings. The molecular formula is C16H24N2O2. The lowest BCUT2D eigenvalue weighted by Crippen LogP contribution is -2.35. The summed E-state index contributed by atoms with van der Waals surface area (Å²) in [6.45, 7) is 7.03. The molecular weight excluding hydrogens is 252 g/mol. The van der Waals surface area contributed by atoms with E-state index in [1.165, 1.54) is 0 Å². The van der Waals surface area contributed by atoms with Crippen LogP contribution in [-0.2, 0) is 11.8 Å². The quantitative estimate of drug-likeness (QED) is 0.796. The number of ketones is 1. The summed E-state index contributed by atoms with van der Waals surface area (Å²) in [5.74, 6) is 0.738. The van der Waals surface area contributed by atoms with E-state index in [2.05, 4.69) is 6.92 Å². The highest BCUT2D eigenvalue weighted by molar-refractivity contribution is 6.00. The van der Waals surface area contributed by atoms with Crippen molar-refractivity contribution in [3.8, 4) is 0 Å². The monoisotopic (exact) mass is 276 g/mol. The molecule has 4 heteroatoms. The van der Waals surface area contributed by atoms with Crippen molar-refractivity contribution < 1.29 is 9.59 Å². The Hall–Kier alpha value is -1.58. The van der Waals surface area contributed by atoms with E-state index in [4.69, 9.17) is 0 Å². The van der Waals surface area contributed by atoms with Gasteiger partial charge in [-0.2, -0.15) is 0 Å². The van der Waals surface area contributed by atoms with Gasteiger partial charge in [0, 0.05) is 37.0 Å². The molecule has 20 heavy (non-hydrogen) atoms. The number of likely N-dealkylation sites (tertiary alicyclic amines) is 1. The van der Waals surface area contributed by atoms with Crippen LogP contribution < -0.4 is 0 Å². The molecule has 0 spiro atoms. The summed E-state index contributed by atoms with van der Waals surface area (Å²) in [6.07, 6.45) is 2.50. The molecule has 0 radical (unpaired) electrons. The lowest BCUT2D eigenvalue weighted by Gasteiger charge is -2.19. The number of aromatic nitrogens is 1. The summed E-state index contributed by atoms with van der Waals surface area (Å²) in [4.78, 5) is 26.2. The fourth-order valence-corrected chi connectivity index (χ4v) is 2.74. The summed E-state index contributed by atoms with van der Waals surface area (Å²) in [6, 6.07) is 1.92. The van der Waals surface area contributed by atoms with Gasteiger partial charge in [-0.3, -0.25) is 9.59 Å². The molecule has 1 amide bonds. The number of aryl methyl sites for hydroxylation is 1. The number of nitrogens with zero attached hydrogens (tertiary/aromatic N) is 2. The van der Waals surface area contributed by atoms with Crippen LogP contribution in [0.1, 0.15) is 47.9 Å². The van der Waals surface area contributed by atoms with Gasteiger partial charge in [0.1, 0.15) is 0 Å². The SMILES string of the molecule is Cc1cc(C(=O)CN2CCC(C)CCC2=O)c(C)n1C. The van der Waals surface area contributed by atoms with Crippen LogP contribution in [0.15, 0.2) is 6.07 Å². The lowest BCUT2D eigenvalue weighted by molar-refractivity contribution is -0.130. The van der Waals surface area contributed by atoms with Crippen LogP contribution >= 0.6 is 0 Å². The minimum atomic E-state index is 0.0501. The van der Waals surface area contributed by atoms with Gasteiger partial charge in [0.15, 0.2) is 5.78 Å². The van der Waals surface area contributed by atoms with Gasteiger partial charge in [0.2, 0.25) is 5.91 Å². The topological polar surface area (TPSA) is 42.3 Å². The van der Waals surface area contributed by atoms with Crippen LogP contribution in [0.25, 0.3) is 0 Å². The third kappa shape index (κ3) is 2.94. The van der Waals surface area contributed by atoms with Crippen molar-refractivity contribution >= 4 is 11.7 Å². The highest BCUT2D eigenvalue weighted by Crippen LogP contribution is 2.19. The van der Waals surface area contributed by atoms with Gasteiger partial charge in [-0.15, -0.1) is 0 Å². The van der Waals surface area contributed by atoms with Gasteiger partial charge in [-0.1, -0.05) is 6.92 Å². The maximum absolute atomic E-state index is 12.4. The highest BCUT2D eigenvalue weighted by Gasteiger charge is 2.24. The predicted molar refractivity (Wildman–Crippen MR) is 78.8 cm³/mol. The average Bonchev–Trinajstić information content (AvgIpc) is 2.58. The standard InChI is InChI=1S/C16H24N2O2/c1-11-5-6-16(20)18(8-7-11)10-15(19)14-9-12(2)17(4)13(14)3/h9,11H,5-8,10H2,1-4H3. The molecule has 0 aliphatic carbocycles. The zero-order valence-corrected chi connectivity index (χ0v) is 12.9. The molecule has 1 aliphatic heterocycles. The molecule has 1 atom stereocenters. The van der Waals surface area contributed by atoms with Crippen LogP contribution in [0.4, 0.5) is 0 Å². The van der Waals surface area contributed by atoms with E-state index in [0.717, 1.165) is 29.8 Å². The number of Topliss-reactive ketones (excluding diaryl/α,β-unsaturated/α-hetero) is 1. The second-order valence-corrected chi connectivity index (χ2v) is 6.01. The molecule has 0 bridgehead atoms. The van der Waals surface area contributed by atoms with Crippen molar-refractivity contribution in [3.05, 3.63) is 23.0 Å². The Kier molecular flexibility index (Phi) is 4.31. The first-order valence-electron chi connectivity index (χ1n) is 7.34. The third-order valence-corrected chi connectivity index (χ3v) is 4.51. The van der Waals surface area contributed by atoms with Gasteiger partial charge in [-0.25, -0.2) is 0 Å². The number of rotatable bonds is 3. The first kappa shape index (κ1) is 14.8. The predicted octanol–water partition coefficient (Wildman–Crippen LogP) is 2.47. The number of hydrogen-bond donors (Lipinski definition) is 0. The Balaban J connectivity index is 2.10. The van der Waals surface area contributed by atoms with Gasteiger partial charge in [0.05, 0.1) is 6.54 Å². The highest BCUT2D eigenvalue weighted by atomic mass is 16.2. The zero-order valence-electron chi connectivity index (χ0n) is 12.9. The van der Waals surface area contributed by atoms with Crippen LogP contribution in [-0.4, -0.2) is 34.2 Å². The van der Waals surface area contributed by atoms with Crippen molar-refractivity contribution in [3.63, 3.8) is 0 Å². The summed E-state index contributed by atoms with van der Waals surface area (Å²) in [5.41, 5.74) is 2.79. The van der Waals surface area contributed by atoms with E-state index in [0.29, 0.717) is 18.9 Å². The second kappa shape index (κ2) is 5.81. The van der Waals surface area contributed by atoms with Gasteiger partial charge >= 0.3 is 0 Å². The van der Waals surface area contributed by atoms with Crippen molar-refractivity contribution in [2.75, 3.05) is 13.1 Å². The van der Waals surface area contributed by atoms with Crippen molar-refractivity contribution in [2.45, 2.75) is 40.0 Å². The smallest absolute Gasteiger partial charge is 0.222 e. The molecule has 1 fully saturated rings. The number of carbonyl (C=O) groups excluding carboxylic acids is 2. The molecule has 1 saturated heterocycles. The molecule has 2 heterocycles. The average molecular weight is 276 g/mol. The van der Waals surface area contributed by atoms with Crippen LogP contribution in [0.5, 0.6) is 0 Å². The molecule has 4 nitrogen and oxygen atoms in total. The van der Waals surface area contributed by atoms with E-state index in [1.54, 1.807) is 4.90 Å². The van der Waals surface area contributed by atoms with Crippen LogP contribution in [0, 0.1) is 19.8 Å². The Morgan fingerprint density at radius 2 is 2.05 bits per heavy atom. The molecule has 0 saturated carbocycles. The van der Waals surface area contributed by atoms with Crippen molar-refractivity contribution in [1.82, 2.24) is 9.47 Å². The van der Waals surface area contributed by atoms with E-state index in [-0.39, 0.29) is 18.2 Å². The maximum atomic E-state index is 12.4. The minimum Gasteiger partial charge on any atom is -0.351 e. The number of hydrogen-bond acceptors (Lipinski definition) is 2. The summed E-state index contributed by atoms with van der Waals surface area (Å²) >= 11 is 0. The summed E-state index contributed by atoms with van der Waals surface area (Å²) < 4.78 is 2.01. The van der Waals surface area contributed by atoms with Gasteiger partial charge in [-0.05, 0) is 38.7 Å². The van der Waals surface area contributed by atoms with E-state index in [1.807, 2.05) is 31.5 Å². The Morgan fingerprint density at radius 3 is 2.65 bits per heavy atom. The van der Waals surface area contributed by atoms with E-state index >= 15 is 0 Å². The third-order valence-electron chi connectivity index (χ3n) is 4.51. The Bertz CT molecular complexity index is 531. The molecule has 0 N–H and O–H groups in total. The van der Waals surface area contributed by atoms with Crippen molar-refractivity contribution in [1.29, 1.82) is 0 Å². The first-order valence-corrected chi connectivity index (χ1v) is 7.34. The largest absolute Gasteiger partial charge is 0.351 e. The summed E-state index contributed by atoms with van der Waals surface area (Å²) in [5, 5.41) is 0. The molecule has 0 aromatic carbocycles. The fraction of sp³-hybridized carbons (Fsp3) is 0.625. The van der Waals surface area contributed by atoms with E-state index < -0.39 is 0 Å².